The van der Waals surface area contributed by atoms with Gasteiger partial charge in [-0.05, 0) is 43.6 Å². The zero-order valence-electron chi connectivity index (χ0n) is 16.2. The van der Waals surface area contributed by atoms with Gasteiger partial charge < -0.3 is 10.6 Å². The lowest BCUT2D eigenvalue weighted by Gasteiger charge is -2.28. The smallest absolute Gasteiger partial charge is 0.291 e. The third-order valence-corrected chi connectivity index (χ3v) is 7.43. The normalized spacial score (nSPS) is 32.1. The molecule has 5 atom stereocenters. The number of amides is 3. The first-order valence-corrected chi connectivity index (χ1v) is 11.5. The molecule has 0 aliphatic carbocycles. The molecule has 0 aromatic heterocycles. The topological polar surface area (TPSA) is 83.1 Å². The van der Waals surface area contributed by atoms with Crippen LogP contribution in [0.4, 0.5) is 5.69 Å². The van der Waals surface area contributed by atoms with Gasteiger partial charge in [-0.2, -0.15) is 11.8 Å². The Hall–Kier alpha value is -1.57. The summed E-state index contributed by atoms with van der Waals surface area (Å²) in [6.45, 7) is 3.85. The standard InChI is InChI=1S/C20H24ClN3O3S/c1-4-10(2)24-17(25)15-14(7-8-28-3)23-20(16(15)18(24)26)12-9-11(21)5-6-13(12)22-19(20)27/h5-6,9-10,14-16,23H,4,7-8H2,1-3H3,(H,22,27)/p+1/t10-,14+,15-,16+,20-/m1/s1. The average Bonchev–Trinajstić information content (AvgIpc) is 3.25. The van der Waals surface area contributed by atoms with E-state index in [4.69, 9.17) is 11.6 Å². The quantitative estimate of drug-likeness (QED) is 0.706. The SMILES string of the molecule is CC[C@@H](C)N1C(=O)[C@@H]2[C@H](CCSC)[NH2+][C@@]3(C(=O)Nc4ccc(Cl)cc43)[C@@H]2C1=O. The number of nitrogens with two attached hydrogens (primary N) is 1. The molecule has 3 amide bonds. The molecule has 3 N–H and O–H groups in total. The summed E-state index contributed by atoms with van der Waals surface area (Å²) in [5.74, 6) is -0.888. The van der Waals surface area contributed by atoms with Gasteiger partial charge in [0.15, 0.2) is 0 Å². The van der Waals surface area contributed by atoms with E-state index < -0.39 is 17.4 Å². The van der Waals surface area contributed by atoms with E-state index in [1.165, 1.54) is 4.90 Å². The molecule has 6 nitrogen and oxygen atoms in total. The van der Waals surface area contributed by atoms with Gasteiger partial charge in [0.1, 0.15) is 17.9 Å². The van der Waals surface area contributed by atoms with Crippen LogP contribution in [-0.2, 0) is 19.9 Å². The Bertz CT molecular complexity index is 863. The zero-order chi connectivity index (χ0) is 20.2. The lowest BCUT2D eigenvalue weighted by Crippen LogP contribution is -2.99. The van der Waals surface area contributed by atoms with Crippen LogP contribution in [0.3, 0.4) is 0 Å². The molecule has 1 aromatic carbocycles. The molecule has 4 rings (SSSR count). The second-order valence-electron chi connectivity index (χ2n) is 7.93. The van der Waals surface area contributed by atoms with Gasteiger partial charge in [-0.1, -0.05) is 18.5 Å². The van der Waals surface area contributed by atoms with E-state index in [0.29, 0.717) is 17.1 Å². The zero-order valence-corrected chi connectivity index (χ0v) is 17.8. The van der Waals surface area contributed by atoms with Crippen LogP contribution in [0, 0.1) is 11.8 Å². The highest BCUT2D eigenvalue weighted by Crippen LogP contribution is 2.50. The molecule has 0 bridgehead atoms. The second-order valence-corrected chi connectivity index (χ2v) is 9.35. The first-order valence-electron chi connectivity index (χ1n) is 9.70. The minimum atomic E-state index is -1.12. The van der Waals surface area contributed by atoms with Crippen LogP contribution < -0.4 is 10.6 Å². The van der Waals surface area contributed by atoms with E-state index in [9.17, 15) is 14.4 Å². The molecular formula is C20H25ClN3O3S+. The Kier molecular flexibility index (Phi) is 4.96. The number of carbonyl (C=O) groups excluding carboxylic acids is 3. The van der Waals surface area contributed by atoms with Crippen LogP contribution in [0.15, 0.2) is 18.2 Å². The summed E-state index contributed by atoms with van der Waals surface area (Å²) >= 11 is 7.95. The van der Waals surface area contributed by atoms with Crippen molar-refractivity contribution in [2.75, 3.05) is 17.3 Å². The van der Waals surface area contributed by atoms with E-state index in [0.717, 1.165) is 17.7 Å². The van der Waals surface area contributed by atoms with Crippen molar-refractivity contribution in [2.45, 2.75) is 44.3 Å². The van der Waals surface area contributed by atoms with Gasteiger partial charge in [-0.25, -0.2) is 0 Å². The van der Waals surface area contributed by atoms with Gasteiger partial charge in [-0.3, -0.25) is 19.3 Å². The Labute approximate surface area is 173 Å². The van der Waals surface area contributed by atoms with Crippen molar-refractivity contribution >= 4 is 46.8 Å². The Morgan fingerprint density at radius 2 is 2.07 bits per heavy atom. The van der Waals surface area contributed by atoms with E-state index in [1.807, 2.05) is 25.4 Å². The molecule has 3 aliphatic heterocycles. The predicted octanol–water partition coefficient (Wildman–Crippen LogP) is 1.59. The number of benzene rings is 1. The van der Waals surface area contributed by atoms with E-state index >= 15 is 0 Å². The Morgan fingerprint density at radius 1 is 1.32 bits per heavy atom. The number of nitrogens with one attached hydrogen (secondary N) is 1. The molecule has 0 unspecified atom stereocenters. The van der Waals surface area contributed by atoms with Crippen LogP contribution in [0.2, 0.25) is 5.02 Å². The predicted molar refractivity (Wildman–Crippen MR) is 109 cm³/mol. The number of hydrogen-bond acceptors (Lipinski definition) is 4. The molecule has 0 saturated carbocycles. The highest BCUT2D eigenvalue weighted by Gasteiger charge is 2.74. The number of likely N-dealkylation sites (tertiary alicyclic amines) is 1. The van der Waals surface area contributed by atoms with Crippen molar-refractivity contribution in [3.05, 3.63) is 28.8 Å². The number of carbonyl (C=O) groups is 3. The lowest BCUT2D eigenvalue weighted by atomic mass is 9.76. The number of rotatable bonds is 5. The number of quaternary nitrogens is 1. The van der Waals surface area contributed by atoms with Crippen molar-refractivity contribution in [1.82, 2.24) is 4.90 Å². The first-order chi connectivity index (χ1) is 13.4. The fourth-order valence-corrected chi connectivity index (χ4v) is 5.77. The number of halogens is 1. The van der Waals surface area contributed by atoms with Crippen LogP contribution >= 0.6 is 23.4 Å². The molecule has 2 fully saturated rings. The highest BCUT2D eigenvalue weighted by molar-refractivity contribution is 7.98. The average molecular weight is 423 g/mol. The molecule has 0 radical (unpaired) electrons. The molecule has 2 saturated heterocycles. The molecule has 28 heavy (non-hydrogen) atoms. The van der Waals surface area contributed by atoms with Gasteiger partial charge in [0.2, 0.25) is 17.4 Å². The summed E-state index contributed by atoms with van der Waals surface area (Å²) < 4.78 is 0. The minimum Gasteiger partial charge on any atom is -0.326 e. The maximum absolute atomic E-state index is 13.5. The van der Waals surface area contributed by atoms with Crippen molar-refractivity contribution in [3.63, 3.8) is 0 Å². The molecule has 3 heterocycles. The summed E-state index contributed by atoms with van der Waals surface area (Å²) in [5, 5.41) is 5.41. The van der Waals surface area contributed by atoms with Crippen molar-refractivity contribution < 1.29 is 19.7 Å². The molecule has 8 heteroatoms. The van der Waals surface area contributed by atoms with Crippen molar-refractivity contribution in [2.24, 2.45) is 11.8 Å². The van der Waals surface area contributed by atoms with E-state index in [-0.39, 0.29) is 29.8 Å². The molecule has 150 valence electrons. The summed E-state index contributed by atoms with van der Waals surface area (Å²) in [6.07, 6.45) is 3.48. The monoisotopic (exact) mass is 422 g/mol. The van der Waals surface area contributed by atoms with Gasteiger partial charge in [0, 0.05) is 23.0 Å². The van der Waals surface area contributed by atoms with Crippen molar-refractivity contribution in [1.29, 1.82) is 0 Å². The second kappa shape index (κ2) is 7.04. The summed E-state index contributed by atoms with van der Waals surface area (Å²) in [6, 6.07) is 4.98. The molecule has 1 spiro atoms. The molecule has 1 aromatic rings. The van der Waals surface area contributed by atoms with E-state index in [2.05, 4.69) is 5.32 Å². The number of thioether (sulfide) groups is 1. The maximum atomic E-state index is 13.5. The minimum absolute atomic E-state index is 0.112. The number of hydrogen-bond donors (Lipinski definition) is 2. The van der Waals surface area contributed by atoms with Crippen LogP contribution in [-0.4, -0.2) is 46.7 Å². The molecular weight excluding hydrogens is 398 g/mol. The Morgan fingerprint density at radius 3 is 2.75 bits per heavy atom. The number of imide groups is 1. The molecule has 3 aliphatic rings. The van der Waals surface area contributed by atoms with Gasteiger partial charge in [0.05, 0.1) is 5.69 Å². The fourth-order valence-electron chi connectivity index (χ4n) is 5.09. The lowest BCUT2D eigenvalue weighted by molar-refractivity contribution is -0.733. The summed E-state index contributed by atoms with van der Waals surface area (Å²) in [5.41, 5.74) is 0.277. The summed E-state index contributed by atoms with van der Waals surface area (Å²) in [4.78, 5) is 41.5. The highest BCUT2D eigenvalue weighted by atomic mass is 35.5. The fraction of sp³-hybridized carbons (Fsp3) is 0.550. The number of anilines is 1. The van der Waals surface area contributed by atoms with Crippen molar-refractivity contribution in [3.8, 4) is 0 Å². The van der Waals surface area contributed by atoms with Gasteiger partial charge in [-0.15, -0.1) is 0 Å². The third kappa shape index (κ3) is 2.56. The van der Waals surface area contributed by atoms with Crippen LogP contribution in [0.25, 0.3) is 0 Å². The first kappa shape index (κ1) is 19.7. The number of fused-ring (bicyclic) bond motifs is 4. The summed E-state index contributed by atoms with van der Waals surface area (Å²) in [7, 11) is 0. The third-order valence-electron chi connectivity index (χ3n) is 6.55. The van der Waals surface area contributed by atoms with Gasteiger partial charge >= 0.3 is 0 Å². The van der Waals surface area contributed by atoms with Gasteiger partial charge in [0.25, 0.3) is 5.91 Å². The number of nitrogens with zero attached hydrogens (tertiary/aromatic N) is 1. The maximum Gasteiger partial charge on any atom is 0.291 e. The Balaban J connectivity index is 1.86. The largest absolute Gasteiger partial charge is 0.326 e. The van der Waals surface area contributed by atoms with E-state index in [1.54, 1.807) is 30.0 Å². The van der Waals surface area contributed by atoms with Crippen LogP contribution in [0.5, 0.6) is 0 Å². The van der Waals surface area contributed by atoms with Crippen LogP contribution in [0.1, 0.15) is 32.3 Å².